The van der Waals surface area contributed by atoms with Gasteiger partial charge in [-0.15, -0.1) is 0 Å². The van der Waals surface area contributed by atoms with Crippen molar-refractivity contribution in [2.24, 2.45) is 0 Å². The Bertz CT molecular complexity index is 489. The minimum Gasteiger partial charge on any atom is -0.451 e. The van der Waals surface area contributed by atoms with Gasteiger partial charge >= 0.3 is 5.97 Å². The van der Waals surface area contributed by atoms with Gasteiger partial charge in [-0.1, -0.05) is 0 Å². The molecule has 1 heterocycles. The van der Waals surface area contributed by atoms with Gasteiger partial charge in [-0.05, 0) is 32.8 Å². The van der Waals surface area contributed by atoms with E-state index >= 15 is 0 Å². The molecule has 0 unspecified atom stereocenters. The van der Waals surface area contributed by atoms with Crippen LogP contribution in [0.3, 0.4) is 0 Å². The minimum atomic E-state index is -0.512. The van der Waals surface area contributed by atoms with Crippen LogP contribution in [0.4, 0.5) is 5.69 Å². The molecule has 1 aliphatic rings. The Balaban J connectivity index is 1.94. The molecule has 0 saturated heterocycles. The van der Waals surface area contributed by atoms with Gasteiger partial charge in [0, 0.05) is 18.3 Å². The highest BCUT2D eigenvalue weighted by atomic mass is 16.5. The van der Waals surface area contributed by atoms with E-state index in [9.17, 15) is 9.59 Å². The van der Waals surface area contributed by atoms with Gasteiger partial charge in [-0.2, -0.15) is 0 Å². The molecule has 0 aromatic carbocycles. The number of amides is 1. The van der Waals surface area contributed by atoms with E-state index in [0.29, 0.717) is 17.4 Å². The molecular weight excluding hydrogens is 246 g/mol. The largest absolute Gasteiger partial charge is 0.451 e. The molecule has 0 spiro atoms. The average Bonchev–Trinajstić information content (AvgIpc) is 3.08. The molecular formula is C13H19N3O3. The second kappa shape index (κ2) is 5.34. The third kappa shape index (κ3) is 3.49. The SMILES string of the molecule is CC(C)NC(=O)COC(=O)c1cc(N)cn1C1CC1. The fourth-order valence-electron chi connectivity index (χ4n) is 1.89. The Morgan fingerprint density at radius 1 is 1.53 bits per heavy atom. The zero-order valence-electron chi connectivity index (χ0n) is 11.2. The molecule has 1 aromatic rings. The number of nitrogens with zero attached hydrogens (tertiary/aromatic N) is 1. The van der Waals surface area contributed by atoms with Crippen molar-refractivity contribution >= 4 is 17.6 Å². The van der Waals surface area contributed by atoms with E-state index in [4.69, 9.17) is 10.5 Å². The lowest BCUT2D eigenvalue weighted by molar-refractivity contribution is -0.124. The van der Waals surface area contributed by atoms with E-state index in [-0.39, 0.29) is 18.6 Å². The van der Waals surface area contributed by atoms with Crippen LogP contribution < -0.4 is 11.1 Å². The average molecular weight is 265 g/mol. The molecule has 0 aliphatic heterocycles. The Morgan fingerprint density at radius 2 is 2.21 bits per heavy atom. The first kappa shape index (κ1) is 13.5. The Kier molecular flexibility index (Phi) is 3.78. The van der Waals surface area contributed by atoms with Crippen LogP contribution in [-0.4, -0.2) is 29.1 Å². The zero-order valence-corrected chi connectivity index (χ0v) is 11.2. The summed E-state index contributed by atoms with van der Waals surface area (Å²) < 4.78 is 6.83. The van der Waals surface area contributed by atoms with E-state index < -0.39 is 5.97 Å². The van der Waals surface area contributed by atoms with Crippen LogP contribution in [0, 0.1) is 0 Å². The van der Waals surface area contributed by atoms with Crippen LogP contribution >= 0.6 is 0 Å². The Morgan fingerprint density at radius 3 is 2.79 bits per heavy atom. The fourth-order valence-corrected chi connectivity index (χ4v) is 1.89. The first-order valence-electron chi connectivity index (χ1n) is 6.41. The van der Waals surface area contributed by atoms with E-state index in [1.54, 1.807) is 12.3 Å². The number of aromatic nitrogens is 1. The smallest absolute Gasteiger partial charge is 0.355 e. The number of hydrogen-bond donors (Lipinski definition) is 2. The van der Waals surface area contributed by atoms with Crippen molar-refractivity contribution in [2.75, 3.05) is 12.3 Å². The maximum atomic E-state index is 11.9. The maximum absolute atomic E-state index is 11.9. The molecule has 104 valence electrons. The highest BCUT2D eigenvalue weighted by Crippen LogP contribution is 2.37. The van der Waals surface area contributed by atoms with Gasteiger partial charge in [0.25, 0.3) is 5.91 Å². The molecule has 1 aromatic heterocycles. The van der Waals surface area contributed by atoms with E-state index in [0.717, 1.165) is 12.8 Å². The fraction of sp³-hybridized carbons (Fsp3) is 0.538. The molecule has 0 atom stereocenters. The van der Waals surface area contributed by atoms with Crippen LogP contribution in [0.1, 0.15) is 43.2 Å². The number of nitrogen functional groups attached to an aromatic ring is 1. The van der Waals surface area contributed by atoms with Crippen LogP contribution in [0.2, 0.25) is 0 Å². The van der Waals surface area contributed by atoms with Crippen molar-refractivity contribution in [1.82, 2.24) is 9.88 Å². The summed E-state index contributed by atoms with van der Waals surface area (Å²) in [6.45, 7) is 3.42. The molecule has 3 N–H and O–H groups in total. The lowest BCUT2D eigenvalue weighted by atomic mass is 10.4. The normalized spacial score (nSPS) is 14.5. The number of carbonyl (C=O) groups is 2. The summed E-state index contributed by atoms with van der Waals surface area (Å²) in [7, 11) is 0. The Labute approximate surface area is 111 Å². The monoisotopic (exact) mass is 265 g/mol. The van der Waals surface area contributed by atoms with Gasteiger partial charge in [-0.25, -0.2) is 4.79 Å². The lowest BCUT2D eigenvalue weighted by Gasteiger charge is -2.10. The molecule has 1 fully saturated rings. The first-order chi connectivity index (χ1) is 8.97. The summed E-state index contributed by atoms with van der Waals surface area (Å²) in [6.07, 6.45) is 3.83. The second-order valence-electron chi connectivity index (χ2n) is 5.10. The van der Waals surface area contributed by atoms with E-state index in [1.807, 2.05) is 18.4 Å². The van der Waals surface area contributed by atoms with Crippen LogP contribution in [-0.2, 0) is 9.53 Å². The molecule has 1 aliphatic carbocycles. The van der Waals surface area contributed by atoms with Crippen LogP contribution in [0.5, 0.6) is 0 Å². The summed E-state index contributed by atoms with van der Waals surface area (Å²) >= 11 is 0. The number of anilines is 1. The van der Waals surface area contributed by atoms with Gasteiger partial charge < -0.3 is 20.4 Å². The summed E-state index contributed by atoms with van der Waals surface area (Å²) in [5.41, 5.74) is 6.64. The number of nitrogens with one attached hydrogen (secondary N) is 1. The summed E-state index contributed by atoms with van der Waals surface area (Å²) in [5, 5.41) is 2.66. The third-order valence-corrected chi connectivity index (χ3v) is 2.80. The molecule has 0 radical (unpaired) electrons. The molecule has 6 nitrogen and oxygen atoms in total. The number of carbonyl (C=O) groups excluding carboxylic acids is 2. The summed E-state index contributed by atoms with van der Waals surface area (Å²) in [5.74, 6) is -0.816. The predicted molar refractivity (Wildman–Crippen MR) is 70.7 cm³/mol. The number of hydrogen-bond acceptors (Lipinski definition) is 4. The standard InChI is InChI=1S/C13H19N3O3/c1-8(2)15-12(17)7-19-13(18)11-5-9(14)6-16(11)10-3-4-10/h5-6,8,10H,3-4,7,14H2,1-2H3,(H,15,17). The number of nitrogens with two attached hydrogens (primary N) is 1. The molecule has 1 saturated carbocycles. The molecule has 2 rings (SSSR count). The zero-order chi connectivity index (χ0) is 14.0. The predicted octanol–water partition coefficient (Wildman–Crippen LogP) is 1.09. The van der Waals surface area contributed by atoms with E-state index in [2.05, 4.69) is 5.32 Å². The first-order valence-corrected chi connectivity index (χ1v) is 6.41. The number of ether oxygens (including phenoxy) is 1. The van der Waals surface area contributed by atoms with Crippen molar-refractivity contribution in [3.63, 3.8) is 0 Å². The molecule has 6 heteroatoms. The van der Waals surface area contributed by atoms with Crippen molar-refractivity contribution < 1.29 is 14.3 Å². The summed E-state index contributed by atoms with van der Waals surface area (Å²) in [4.78, 5) is 23.3. The topological polar surface area (TPSA) is 86.3 Å². The second-order valence-corrected chi connectivity index (χ2v) is 5.10. The number of esters is 1. The van der Waals surface area contributed by atoms with Crippen molar-refractivity contribution in [3.05, 3.63) is 18.0 Å². The van der Waals surface area contributed by atoms with Gasteiger partial charge in [-0.3, -0.25) is 4.79 Å². The highest BCUT2D eigenvalue weighted by Gasteiger charge is 2.28. The molecule has 1 amide bonds. The lowest BCUT2D eigenvalue weighted by Crippen LogP contribution is -2.34. The van der Waals surface area contributed by atoms with Crippen molar-refractivity contribution in [1.29, 1.82) is 0 Å². The van der Waals surface area contributed by atoms with Gasteiger partial charge in [0.15, 0.2) is 6.61 Å². The van der Waals surface area contributed by atoms with Crippen molar-refractivity contribution in [2.45, 2.75) is 38.8 Å². The van der Waals surface area contributed by atoms with Gasteiger partial charge in [0.1, 0.15) is 5.69 Å². The number of rotatable bonds is 5. The van der Waals surface area contributed by atoms with Gasteiger partial charge in [0.2, 0.25) is 0 Å². The summed E-state index contributed by atoms with van der Waals surface area (Å²) in [6, 6.07) is 1.95. The van der Waals surface area contributed by atoms with Crippen LogP contribution in [0.25, 0.3) is 0 Å². The van der Waals surface area contributed by atoms with Gasteiger partial charge in [0.05, 0.1) is 5.69 Å². The van der Waals surface area contributed by atoms with Crippen molar-refractivity contribution in [3.8, 4) is 0 Å². The van der Waals surface area contributed by atoms with Crippen LogP contribution in [0.15, 0.2) is 12.3 Å². The highest BCUT2D eigenvalue weighted by molar-refractivity contribution is 5.91. The molecule has 0 bridgehead atoms. The molecule has 19 heavy (non-hydrogen) atoms. The quantitative estimate of drug-likeness (QED) is 0.780. The van der Waals surface area contributed by atoms with E-state index in [1.165, 1.54) is 0 Å². The third-order valence-electron chi connectivity index (χ3n) is 2.80. The Hall–Kier alpha value is -1.98. The minimum absolute atomic E-state index is 0.0252. The maximum Gasteiger partial charge on any atom is 0.355 e.